The fourth-order valence-corrected chi connectivity index (χ4v) is 4.97. The number of aliphatic hydroxyl groups is 1. The Labute approximate surface area is 198 Å². The molecule has 180 valence electrons. The predicted octanol–water partition coefficient (Wildman–Crippen LogP) is 4.89. The predicted molar refractivity (Wildman–Crippen MR) is 134 cm³/mol. The molecule has 0 bridgehead atoms. The maximum atomic E-state index is 9.88. The summed E-state index contributed by atoms with van der Waals surface area (Å²) in [5.41, 5.74) is 3.00. The van der Waals surface area contributed by atoms with Crippen LogP contribution < -0.4 is 16.0 Å². The number of anilines is 2. The van der Waals surface area contributed by atoms with E-state index in [2.05, 4.69) is 46.9 Å². The molecule has 4 N–H and O–H groups in total. The lowest BCUT2D eigenvalue weighted by Gasteiger charge is -2.27. The van der Waals surface area contributed by atoms with Crippen LogP contribution in [-0.4, -0.2) is 44.3 Å². The highest BCUT2D eigenvalue weighted by molar-refractivity contribution is 5.73. The maximum absolute atomic E-state index is 9.88. The molecule has 2 heterocycles. The summed E-state index contributed by atoms with van der Waals surface area (Å²) in [4.78, 5) is 14.2. The Kier molecular flexibility index (Phi) is 8.51. The third kappa shape index (κ3) is 6.87. The first-order valence-corrected chi connectivity index (χ1v) is 12.9. The highest BCUT2D eigenvalue weighted by Crippen LogP contribution is 2.29. The first-order valence-electron chi connectivity index (χ1n) is 12.9. The summed E-state index contributed by atoms with van der Waals surface area (Å²) in [7, 11) is 0. The molecule has 1 atom stereocenters. The highest BCUT2D eigenvalue weighted by Gasteiger charge is 2.22. The average molecular weight is 453 g/mol. The molecule has 2 aliphatic rings. The molecule has 2 aliphatic carbocycles. The van der Waals surface area contributed by atoms with Crippen LogP contribution in [0.15, 0.2) is 24.5 Å². The largest absolute Gasteiger partial charge is 0.393 e. The molecular weight excluding hydrogens is 412 g/mol. The number of pyridine rings is 1. The third-order valence-corrected chi connectivity index (χ3v) is 6.97. The van der Waals surface area contributed by atoms with Gasteiger partial charge in [-0.2, -0.15) is 4.98 Å². The average Bonchev–Trinajstić information content (AvgIpc) is 3.34. The van der Waals surface area contributed by atoms with Crippen LogP contribution in [0.4, 0.5) is 11.8 Å². The molecule has 2 aromatic rings. The number of nitrogens with one attached hydrogen (secondary N) is 3. The molecule has 2 aromatic heterocycles. The van der Waals surface area contributed by atoms with Gasteiger partial charge in [0.05, 0.1) is 17.4 Å². The van der Waals surface area contributed by atoms with Crippen LogP contribution in [0.1, 0.15) is 83.6 Å². The lowest BCUT2D eigenvalue weighted by atomic mass is 9.93. The fourth-order valence-electron chi connectivity index (χ4n) is 4.97. The molecule has 7 heteroatoms. The quantitative estimate of drug-likeness (QED) is 0.408. The topological polar surface area (TPSA) is 95.0 Å². The van der Waals surface area contributed by atoms with Crippen LogP contribution in [0.2, 0.25) is 0 Å². The molecule has 0 amide bonds. The summed E-state index contributed by atoms with van der Waals surface area (Å²) in [6.45, 7) is 5.21. The highest BCUT2D eigenvalue weighted by atomic mass is 16.3. The number of rotatable bonds is 10. The van der Waals surface area contributed by atoms with Crippen molar-refractivity contribution in [2.75, 3.05) is 10.6 Å². The van der Waals surface area contributed by atoms with Crippen molar-refractivity contribution in [2.45, 2.75) is 109 Å². The monoisotopic (exact) mass is 452 g/mol. The zero-order valence-corrected chi connectivity index (χ0v) is 20.2. The molecule has 0 aromatic carbocycles. The van der Waals surface area contributed by atoms with Crippen LogP contribution in [0.5, 0.6) is 0 Å². The van der Waals surface area contributed by atoms with Gasteiger partial charge in [-0.1, -0.05) is 32.3 Å². The molecule has 0 spiro atoms. The van der Waals surface area contributed by atoms with Gasteiger partial charge in [0.25, 0.3) is 0 Å². The molecule has 0 saturated heterocycles. The first-order chi connectivity index (χ1) is 16.1. The Balaban J connectivity index is 1.49. The van der Waals surface area contributed by atoms with Crippen molar-refractivity contribution >= 4 is 11.8 Å². The van der Waals surface area contributed by atoms with Gasteiger partial charge < -0.3 is 21.1 Å². The van der Waals surface area contributed by atoms with Crippen molar-refractivity contribution in [3.05, 3.63) is 30.1 Å². The molecule has 0 radical (unpaired) electrons. The Bertz CT molecular complexity index is 860. The summed E-state index contributed by atoms with van der Waals surface area (Å²) in [6.07, 6.45) is 14.7. The van der Waals surface area contributed by atoms with E-state index in [1.165, 1.54) is 31.2 Å². The van der Waals surface area contributed by atoms with E-state index in [9.17, 15) is 5.11 Å². The van der Waals surface area contributed by atoms with Gasteiger partial charge in [-0.25, -0.2) is 4.98 Å². The van der Waals surface area contributed by atoms with Crippen LogP contribution in [0, 0.1) is 0 Å². The van der Waals surface area contributed by atoms with Gasteiger partial charge in [0.15, 0.2) is 0 Å². The minimum Gasteiger partial charge on any atom is -0.393 e. The number of nitrogens with zero attached hydrogens (tertiary/aromatic N) is 3. The summed E-state index contributed by atoms with van der Waals surface area (Å²) >= 11 is 0. The summed E-state index contributed by atoms with van der Waals surface area (Å²) in [6, 6.07) is 5.51. The second-order valence-corrected chi connectivity index (χ2v) is 9.85. The lowest BCUT2D eigenvalue weighted by molar-refractivity contribution is 0.126. The van der Waals surface area contributed by atoms with E-state index in [-0.39, 0.29) is 6.10 Å². The third-order valence-electron chi connectivity index (χ3n) is 6.97. The second kappa shape index (κ2) is 11.7. The second-order valence-electron chi connectivity index (χ2n) is 9.85. The number of hydrogen-bond acceptors (Lipinski definition) is 7. The molecule has 0 unspecified atom stereocenters. The van der Waals surface area contributed by atoms with Gasteiger partial charge in [0.1, 0.15) is 5.82 Å². The SMILES string of the molecule is CCC[C@H](C)Nc1ncc(-c2ccc(CNC3CCCC3)cn2)c(N[C@H]2CC[C@H](O)CC2)n1. The molecular formula is C26H40N6O. The van der Waals surface area contributed by atoms with Gasteiger partial charge in [0, 0.05) is 37.1 Å². The summed E-state index contributed by atoms with van der Waals surface area (Å²) < 4.78 is 0. The Morgan fingerprint density at radius 1 is 1.00 bits per heavy atom. The number of aliphatic hydroxyl groups excluding tert-OH is 1. The zero-order valence-electron chi connectivity index (χ0n) is 20.2. The van der Waals surface area contributed by atoms with Crippen molar-refractivity contribution in [1.29, 1.82) is 0 Å². The van der Waals surface area contributed by atoms with Crippen LogP contribution >= 0.6 is 0 Å². The van der Waals surface area contributed by atoms with E-state index in [0.29, 0.717) is 24.1 Å². The molecule has 2 saturated carbocycles. The molecule has 0 aliphatic heterocycles. The van der Waals surface area contributed by atoms with Gasteiger partial charge >= 0.3 is 0 Å². The van der Waals surface area contributed by atoms with E-state index in [4.69, 9.17) is 9.97 Å². The summed E-state index contributed by atoms with van der Waals surface area (Å²) in [5.74, 6) is 1.47. The van der Waals surface area contributed by atoms with Gasteiger partial charge in [0.2, 0.25) is 5.95 Å². The van der Waals surface area contributed by atoms with E-state index >= 15 is 0 Å². The molecule has 7 nitrogen and oxygen atoms in total. The van der Waals surface area contributed by atoms with Crippen molar-refractivity contribution in [2.24, 2.45) is 0 Å². The maximum Gasteiger partial charge on any atom is 0.224 e. The van der Waals surface area contributed by atoms with Gasteiger partial charge in [-0.15, -0.1) is 0 Å². The minimum atomic E-state index is -0.174. The zero-order chi connectivity index (χ0) is 23.0. The van der Waals surface area contributed by atoms with Gasteiger partial charge in [-0.05, 0) is 63.5 Å². The van der Waals surface area contributed by atoms with Crippen LogP contribution in [-0.2, 0) is 6.54 Å². The van der Waals surface area contributed by atoms with Crippen molar-refractivity contribution in [1.82, 2.24) is 20.3 Å². The van der Waals surface area contributed by atoms with Crippen LogP contribution in [0.25, 0.3) is 11.3 Å². The molecule has 33 heavy (non-hydrogen) atoms. The van der Waals surface area contributed by atoms with E-state index < -0.39 is 0 Å². The molecule has 2 fully saturated rings. The number of aromatic nitrogens is 3. The van der Waals surface area contributed by atoms with E-state index in [1.54, 1.807) is 0 Å². The standard InChI is InChI=1S/C26H40N6O/c1-3-6-18(2)30-26-29-17-23(25(32-26)31-21-10-12-22(33)13-11-21)24-14-9-19(16-28-24)15-27-20-7-4-5-8-20/h9,14,16-18,20-22,27,33H,3-8,10-13,15H2,1-2H3,(H2,29,30,31,32)/t18-,21-,22-/m0/s1. The van der Waals surface area contributed by atoms with Crippen molar-refractivity contribution < 1.29 is 5.11 Å². The minimum absolute atomic E-state index is 0.174. The fraction of sp³-hybridized carbons (Fsp3) is 0.654. The van der Waals surface area contributed by atoms with E-state index in [0.717, 1.165) is 62.1 Å². The number of hydrogen-bond donors (Lipinski definition) is 4. The Morgan fingerprint density at radius 3 is 2.48 bits per heavy atom. The smallest absolute Gasteiger partial charge is 0.224 e. The van der Waals surface area contributed by atoms with Crippen molar-refractivity contribution in [3.8, 4) is 11.3 Å². The lowest BCUT2D eigenvalue weighted by Crippen LogP contribution is -2.29. The first kappa shape index (κ1) is 23.9. The Morgan fingerprint density at radius 2 is 1.79 bits per heavy atom. The van der Waals surface area contributed by atoms with Crippen LogP contribution in [0.3, 0.4) is 0 Å². The summed E-state index contributed by atoms with van der Waals surface area (Å²) in [5, 5.41) is 20.6. The van der Waals surface area contributed by atoms with E-state index in [1.807, 2.05) is 12.4 Å². The molecule has 4 rings (SSSR count). The van der Waals surface area contributed by atoms with Gasteiger partial charge in [-0.3, -0.25) is 4.98 Å². The normalized spacial score (nSPS) is 22.3. The van der Waals surface area contributed by atoms with Crippen molar-refractivity contribution in [3.63, 3.8) is 0 Å². The Hall–Kier alpha value is -2.25.